The summed E-state index contributed by atoms with van der Waals surface area (Å²) in [6.07, 6.45) is 0. The molecule has 2 aromatic rings. The zero-order chi connectivity index (χ0) is 17.0. The molecule has 0 fully saturated rings. The first-order valence-electron chi connectivity index (χ1n) is 6.77. The van der Waals surface area contributed by atoms with Crippen molar-refractivity contribution in [2.75, 3.05) is 21.3 Å². The van der Waals surface area contributed by atoms with Crippen molar-refractivity contribution in [2.24, 2.45) is 0 Å². The van der Waals surface area contributed by atoms with Gasteiger partial charge >= 0.3 is 0 Å². The Kier molecular flexibility index (Phi) is 5.17. The second-order valence-corrected chi connectivity index (χ2v) is 5.04. The summed E-state index contributed by atoms with van der Waals surface area (Å²) in [5.41, 5.74) is 0.771. The fraction of sp³-hybridized carbons (Fsp3) is 0.267. The Hall–Kier alpha value is -2.61. The third-order valence-corrected chi connectivity index (χ3v) is 3.62. The smallest absolute Gasteiger partial charge is 0.252 e. The number of carbonyl (C=O) groups is 1. The number of benzene rings is 1. The molecule has 1 amide bonds. The summed E-state index contributed by atoms with van der Waals surface area (Å²) in [6, 6.07) is 6.57. The molecule has 0 bridgehead atoms. The molecular weight excluding hydrogens is 318 g/mol. The largest absolute Gasteiger partial charge is 0.497 e. The quantitative estimate of drug-likeness (QED) is 0.806. The molecule has 0 aliphatic rings. The molecule has 1 heterocycles. The highest BCUT2D eigenvalue weighted by molar-refractivity contribution is 7.71. The summed E-state index contributed by atoms with van der Waals surface area (Å²) in [4.78, 5) is 26.1. The van der Waals surface area contributed by atoms with E-state index in [0.717, 1.165) is 0 Å². The van der Waals surface area contributed by atoms with Crippen LogP contribution in [0.15, 0.2) is 29.1 Å². The van der Waals surface area contributed by atoms with E-state index in [9.17, 15) is 9.59 Å². The van der Waals surface area contributed by atoms with Gasteiger partial charge in [-0.3, -0.25) is 14.6 Å². The number of likely N-dealkylation sites (N-methyl/N-ethyl adjacent to an activating group) is 1. The van der Waals surface area contributed by atoms with Crippen LogP contribution in [0.4, 0.5) is 0 Å². The highest BCUT2D eigenvalue weighted by Gasteiger charge is 2.14. The van der Waals surface area contributed by atoms with Crippen LogP contribution >= 0.6 is 12.2 Å². The molecule has 8 heteroatoms. The lowest BCUT2D eigenvalue weighted by atomic mass is 10.1. The van der Waals surface area contributed by atoms with Gasteiger partial charge in [0, 0.05) is 24.7 Å². The topological polar surface area (TPSA) is 85.3 Å². The van der Waals surface area contributed by atoms with Gasteiger partial charge in [0.15, 0.2) is 4.77 Å². The van der Waals surface area contributed by atoms with Gasteiger partial charge in [0.05, 0.1) is 19.9 Å². The van der Waals surface area contributed by atoms with Crippen molar-refractivity contribution in [3.8, 4) is 22.8 Å². The summed E-state index contributed by atoms with van der Waals surface area (Å²) in [7, 11) is 4.60. The second-order valence-electron chi connectivity index (χ2n) is 4.65. The minimum Gasteiger partial charge on any atom is -0.497 e. The average molecular weight is 335 g/mol. The number of H-pyrrole nitrogens is 1. The molecule has 2 N–H and O–H groups in total. The molecule has 122 valence electrons. The van der Waals surface area contributed by atoms with E-state index in [1.807, 2.05) is 0 Å². The number of hydrogen-bond acceptors (Lipinski definition) is 5. The third kappa shape index (κ3) is 3.59. The molecular formula is C15H17N3O4S. The van der Waals surface area contributed by atoms with E-state index >= 15 is 0 Å². The van der Waals surface area contributed by atoms with Crippen molar-refractivity contribution in [3.05, 3.63) is 39.4 Å². The minimum absolute atomic E-state index is 0.0172. The monoisotopic (exact) mass is 335 g/mol. The number of aromatic nitrogens is 2. The molecule has 0 saturated heterocycles. The molecule has 23 heavy (non-hydrogen) atoms. The van der Waals surface area contributed by atoms with E-state index in [0.29, 0.717) is 22.8 Å². The van der Waals surface area contributed by atoms with Gasteiger partial charge in [-0.2, -0.15) is 0 Å². The van der Waals surface area contributed by atoms with Gasteiger partial charge in [-0.1, -0.05) is 0 Å². The SMILES string of the molecule is CNC(=O)Cn1c(-c2ccc(OC)cc2OC)cc(=O)[nH]c1=S. The van der Waals surface area contributed by atoms with Gasteiger partial charge in [0.1, 0.15) is 18.0 Å². The first-order valence-corrected chi connectivity index (χ1v) is 7.18. The zero-order valence-electron chi connectivity index (χ0n) is 13.0. The summed E-state index contributed by atoms with van der Waals surface area (Å²) < 4.78 is 12.2. The summed E-state index contributed by atoms with van der Waals surface area (Å²) in [6.45, 7) is -0.0172. The van der Waals surface area contributed by atoms with Crippen LogP contribution in [0, 0.1) is 4.77 Å². The predicted octanol–water partition coefficient (Wildman–Crippen LogP) is 1.34. The van der Waals surface area contributed by atoms with Crippen molar-refractivity contribution in [1.82, 2.24) is 14.9 Å². The Morgan fingerprint density at radius 2 is 2.04 bits per heavy atom. The zero-order valence-corrected chi connectivity index (χ0v) is 13.8. The number of rotatable bonds is 5. The Labute approximate surface area is 137 Å². The van der Waals surface area contributed by atoms with Crippen LogP contribution in [0.2, 0.25) is 0 Å². The fourth-order valence-electron chi connectivity index (χ4n) is 2.13. The molecule has 1 aromatic carbocycles. The number of methoxy groups -OCH3 is 2. The number of amides is 1. The highest BCUT2D eigenvalue weighted by atomic mass is 32.1. The highest BCUT2D eigenvalue weighted by Crippen LogP contribution is 2.32. The van der Waals surface area contributed by atoms with Crippen molar-refractivity contribution >= 4 is 18.1 Å². The number of nitrogens with one attached hydrogen (secondary N) is 2. The van der Waals surface area contributed by atoms with Gasteiger partial charge < -0.3 is 19.4 Å². The molecule has 7 nitrogen and oxygen atoms in total. The second kappa shape index (κ2) is 7.10. The summed E-state index contributed by atoms with van der Waals surface area (Å²) in [5.74, 6) is 0.892. The van der Waals surface area contributed by atoms with E-state index in [4.69, 9.17) is 21.7 Å². The molecule has 0 radical (unpaired) electrons. The number of aromatic amines is 1. The van der Waals surface area contributed by atoms with Crippen molar-refractivity contribution < 1.29 is 14.3 Å². The van der Waals surface area contributed by atoms with Gasteiger partial charge in [0.25, 0.3) is 5.56 Å². The Morgan fingerprint density at radius 1 is 1.30 bits per heavy atom. The first-order chi connectivity index (χ1) is 11.0. The van der Waals surface area contributed by atoms with E-state index < -0.39 is 0 Å². The van der Waals surface area contributed by atoms with Gasteiger partial charge in [-0.05, 0) is 24.4 Å². The first kappa shape index (κ1) is 16.8. The molecule has 0 atom stereocenters. The number of ether oxygens (including phenoxy) is 2. The van der Waals surface area contributed by atoms with Crippen LogP contribution in [0.3, 0.4) is 0 Å². The lowest BCUT2D eigenvalue weighted by molar-refractivity contribution is -0.121. The van der Waals surface area contributed by atoms with Crippen LogP contribution in [-0.2, 0) is 11.3 Å². The molecule has 0 spiro atoms. The maximum absolute atomic E-state index is 11.8. The number of hydrogen-bond donors (Lipinski definition) is 2. The van der Waals surface area contributed by atoms with Crippen LogP contribution < -0.4 is 20.3 Å². The van der Waals surface area contributed by atoms with Crippen molar-refractivity contribution in [3.63, 3.8) is 0 Å². The molecule has 0 aliphatic heterocycles. The lowest BCUT2D eigenvalue weighted by Crippen LogP contribution is -2.26. The third-order valence-electron chi connectivity index (χ3n) is 3.30. The summed E-state index contributed by atoms with van der Waals surface area (Å²) in [5, 5.41) is 2.53. The molecule has 0 aliphatic carbocycles. The van der Waals surface area contributed by atoms with Gasteiger partial charge in [-0.25, -0.2) is 0 Å². The molecule has 1 aromatic heterocycles. The average Bonchev–Trinajstić information content (AvgIpc) is 2.56. The molecule has 2 rings (SSSR count). The van der Waals surface area contributed by atoms with Crippen molar-refractivity contribution in [2.45, 2.75) is 6.54 Å². The van der Waals surface area contributed by atoms with E-state index in [2.05, 4.69) is 10.3 Å². The van der Waals surface area contributed by atoms with E-state index in [1.165, 1.54) is 20.2 Å². The summed E-state index contributed by atoms with van der Waals surface area (Å²) >= 11 is 5.18. The van der Waals surface area contributed by atoms with Gasteiger partial charge in [-0.15, -0.1) is 0 Å². The predicted molar refractivity (Wildman–Crippen MR) is 88.5 cm³/mol. The minimum atomic E-state index is -0.351. The molecule has 0 saturated carbocycles. The van der Waals surface area contributed by atoms with E-state index in [-0.39, 0.29) is 22.8 Å². The van der Waals surface area contributed by atoms with Crippen LogP contribution in [0.25, 0.3) is 11.3 Å². The fourth-order valence-corrected chi connectivity index (χ4v) is 2.40. The van der Waals surface area contributed by atoms with Gasteiger partial charge in [0.2, 0.25) is 5.91 Å². The maximum Gasteiger partial charge on any atom is 0.252 e. The normalized spacial score (nSPS) is 10.2. The van der Waals surface area contributed by atoms with Crippen molar-refractivity contribution in [1.29, 1.82) is 0 Å². The van der Waals surface area contributed by atoms with E-state index in [1.54, 1.807) is 29.9 Å². The standard InChI is InChI=1S/C15H17N3O4S/c1-16-14(20)8-18-11(7-13(19)17-15(18)23)10-5-4-9(21-2)6-12(10)22-3/h4-7H,8H2,1-3H3,(H,16,20)(H,17,19,23). The Morgan fingerprint density at radius 3 is 2.65 bits per heavy atom. The van der Waals surface area contributed by atoms with Crippen LogP contribution in [0.5, 0.6) is 11.5 Å². The maximum atomic E-state index is 11.8. The Balaban J connectivity index is 2.69. The lowest BCUT2D eigenvalue weighted by Gasteiger charge is -2.16. The molecule has 0 unspecified atom stereocenters. The number of carbonyl (C=O) groups excluding carboxylic acids is 1. The van der Waals surface area contributed by atoms with Crippen LogP contribution in [0.1, 0.15) is 0 Å². The Bertz CT molecular complexity index is 841. The number of nitrogens with zero attached hydrogens (tertiary/aromatic N) is 1. The van der Waals surface area contributed by atoms with Crippen LogP contribution in [-0.4, -0.2) is 36.7 Å².